The molecule has 7 atom stereocenters. The predicted octanol–water partition coefficient (Wildman–Crippen LogP) is 5.51. The standard InChI is InChI=1S/C24H38O3/c1-23-11-4-5-20(23)19-8-7-17-15-18(25)9-13-24(17,21(19)10-12-23)16-27-22-6-2-3-14-26-22/h17,19-22H,2-16H2,1H3/t17-,19-,20-,21-,22?,23-,24+/m0/s1. The number of ketones is 1. The van der Waals surface area contributed by atoms with E-state index in [0.29, 0.717) is 17.1 Å². The molecule has 1 aliphatic heterocycles. The maximum Gasteiger partial charge on any atom is 0.157 e. The molecule has 5 aliphatic rings. The first kappa shape index (κ1) is 18.6. The Hall–Kier alpha value is -0.410. The van der Waals surface area contributed by atoms with Crippen molar-refractivity contribution in [3.05, 3.63) is 0 Å². The van der Waals surface area contributed by atoms with Crippen molar-refractivity contribution in [2.45, 2.75) is 96.7 Å². The van der Waals surface area contributed by atoms with E-state index in [-0.39, 0.29) is 11.7 Å². The topological polar surface area (TPSA) is 35.5 Å². The van der Waals surface area contributed by atoms with Crippen molar-refractivity contribution in [2.75, 3.05) is 13.2 Å². The average Bonchev–Trinajstić information content (AvgIpc) is 3.09. The molecule has 4 saturated carbocycles. The van der Waals surface area contributed by atoms with Gasteiger partial charge in [0.05, 0.1) is 6.61 Å². The SMILES string of the molecule is C[C@@]12CCC[C@H]1[C@@H]1CC[C@H]3CC(=O)CC[C@]3(COC3CCCCO3)[C@H]1CC2. The van der Waals surface area contributed by atoms with Crippen molar-refractivity contribution < 1.29 is 14.3 Å². The molecule has 1 saturated heterocycles. The van der Waals surface area contributed by atoms with E-state index in [2.05, 4.69) is 6.92 Å². The number of carbonyl (C=O) groups excluding carboxylic acids is 1. The van der Waals surface area contributed by atoms with Gasteiger partial charge in [-0.3, -0.25) is 4.79 Å². The van der Waals surface area contributed by atoms with Crippen molar-refractivity contribution in [3.8, 4) is 0 Å². The fraction of sp³-hybridized carbons (Fsp3) is 0.958. The van der Waals surface area contributed by atoms with E-state index < -0.39 is 0 Å². The molecule has 0 radical (unpaired) electrons. The van der Waals surface area contributed by atoms with Gasteiger partial charge in [-0.15, -0.1) is 0 Å². The second kappa shape index (κ2) is 7.13. The molecule has 1 unspecified atom stereocenters. The molecular weight excluding hydrogens is 336 g/mol. The first-order valence-electron chi connectivity index (χ1n) is 11.9. The van der Waals surface area contributed by atoms with Crippen LogP contribution in [0.4, 0.5) is 0 Å². The summed E-state index contributed by atoms with van der Waals surface area (Å²) in [6, 6.07) is 0. The molecule has 0 aromatic rings. The average molecular weight is 375 g/mol. The summed E-state index contributed by atoms with van der Waals surface area (Å²) >= 11 is 0. The molecule has 0 amide bonds. The van der Waals surface area contributed by atoms with Gasteiger partial charge in [-0.25, -0.2) is 0 Å². The van der Waals surface area contributed by atoms with Crippen LogP contribution in [0, 0.1) is 34.5 Å². The number of fused-ring (bicyclic) bond motifs is 5. The summed E-state index contributed by atoms with van der Waals surface area (Å²) in [4.78, 5) is 12.3. The summed E-state index contributed by atoms with van der Waals surface area (Å²) in [5.74, 6) is 3.66. The molecular formula is C24H38O3. The fourth-order valence-electron chi connectivity index (χ4n) is 8.21. The maximum atomic E-state index is 12.3. The molecule has 4 aliphatic carbocycles. The lowest BCUT2D eigenvalue weighted by atomic mass is 9.45. The van der Waals surface area contributed by atoms with Crippen molar-refractivity contribution >= 4 is 5.78 Å². The highest BCUT2D eigenvalue weighted by Crippen LogP contribution is 2.66. The summed E-state index contributed by atoms with van der Waals surface area (Å²) in [5.41, 5.74) is 0.856. The Bertz CT molecular complexity index is 568. The van der Waals surface area contributed by atoms with E-state index >= 15 is 0 Å². The monoisotopic (exact) mass is 374 g/mol. The normalized spacial score (nSPS) is 50.0. The lowest BCUT2D eigenvalue weighted by Crippen LogP contribution is -2.56. The van der Waals surface area contributed by atoms with Gasteiger partial charge in [-0.05, 0) is 93.3 Å². The number of rotatable bonds is 3. The van der Waals surface area contributed by atoms with E-state index in [9.17, 15) is 4.79 Å². The molecule has 1 heterocycles. The van der Waals surface area contributed by atoms with Crippen LogP contribution >= 0.6 is 0 Å². The van der Waals surface area contributed by atoms with Crippen LogP contribution in [0.2, 0.25) is 0 Å². The Morgan fingerprint density at radius 1 is 1.00 bits per heavy atom. The number of ether oxygens (including phenoxy) is 2. The minimum atomic E-state index is 0.00659. The van der Waals surface area contributed by atoms with E-state index in [1.165, 1.54) is 57.8 Å². The molecule has 5 rings (SSSR count). The van der Waals surface area contributed by atoms with Crippen LogP contribution in [-0.4, -0.2) is 25.3 Å². The van der Waals surface area contributed by atoms with Crippen LogP contribution in [0.25, 0.3) is 0 Å². The quantitative estimate of drug-likeness (QED) is 0.653. The van der Waals surface area contributed by atoms with Crippen molar-refractivity contribution in [2.24, 2.45) is 34.5 Å². The van der Waals surface area contributed by atoms with Gasteiger partial charge in [0, 0.05) is 24.9 Å². The summed E-state index contributed by atoms with van der Waals surface area (Å²) in [7, 11) is 0. The molecule has 0 bridgehead atoms. The van der Waals surface area contributed by atoms with Crippen LogP contribution in [0.1, 0.15) is 90.4 Å². The Morgan fingerprint density at radius 2 is 1.93 bits per heavy atom. The third-order valence-electron chi connectivity index (χ3n) is 9.64. The van der Waals surface area contributed by atoms with Gasteiger partial charge >= 0.3 is 0 Å². The highest BCUT2D eigenvalue weighted by Gasteiger charge is 2.59. The van der Waals surface area contributed by atoms with E-state index in [1.807, 2.05) is 0 Å². The Morgan fingerprint density at radius 3 is 2.78 bits per heavy atom. The van der Waals surface area contributed by atoms with Gasteiger partial charge in [0.2, 0.25) is 0 Å². The minimum Gasteiger partial charge on any atom is -0.353 e. The van der Waals surface area contributed by atoms with Gasteiger partial charge in [-0.1, -0.05) is 13.3 Å². The molecule has 152 valence electrons. The number of Topliss-reactive ketones (excluding diaryl/α,β-unsaturated/α-hetero) is 1. The molecule has 0 N–H and O–H groups in total. The molecule has 5 fully saturated rings. The zero-order valence-electron chi connectivity index (χ0n) is 17.2. The number of carbonyl (C=O) groups is 1. The highest BCUT2D eigenvalue weighted by atomic mass is 16.7. The summed E-state index contributed by atoms with van der Waals surface area (Å²) < 4.78 is 12.4. The maximum absolute atomic E-state index is 12.3. The lowest BCUT2D eigenvalue weighted by Gasteiger charge is -2.60. The Labute approximate surface area is 164 Å². The van der Waals surface area contributed by atoms with Gasteiger partial charge < -0.3 is 9.47 Å². The highest BCUT2D eigenvalue weighted by molar-refractivity contribution is 5.79. The van der Waals surface area contributed by atoms with Gasteiger partial charge in [0.1, 0.15) is 5.78 Å². The fourth-order valence-corrected chi connectivity index (χ4v) is 8.21. The second-order valence-corrected chi connectivity index (χ2v) is 10.8. The van der Waals surface area contributed by atoms with E-state index in [1.54, 1.807) is 0 Å². The zero-order chi connectivity index (χ0) is 18.5. The summed E-state index contributed by atoms with van der Waals surface area (Å²) in [6.45, 7) is 4.28. The molecule has 0 aromatic carbocycles. The third-order valence-corrected chi connectivity index (χ3v) is 9.64. The number of hydrogen-bond donors (Lipinski definition) is 0. The van der Waals surface area contributed by atoms with Crippen LogP contribution in [0.5, 0.6) is 0 Å². The zero-order valence-corrected chi connectivity index (χ0v) is 17.2. The predicted molar refractivity (Wildman–Crippen MR) is 105 cm³/mol. The van der Waals surface area contributed by atoms with Gasteiger partial charge in [0.25, 0.3) is 0 Å². The summed E-state index contributed by atoms with van der Waals surface area (Å²) in [6.07, 6.45) is 15.9. The van der Waals surface area contributed by atoms with E-state index in [4.69, 9.17) is 9.47 Å². The van der Waals surface area contributed by atoms with Crippen molar-refractivity contribution in [1.82, 2.24) is 0 Å². The van der Waals surface area contributed by atoms with Gasteiger partial charge in [-0.2, -0.15) is 0 Å². The smallest absolute Gasteiger partial charge is 0.157 e. The van der Waals surface area contributed by atoms with E-state index in [0.717, 1.165) is 56.7 Å². The van der Waals surface area contributed by atoms with Crippen LogP contribution in [-0.2, 0) is 14.3 Å². The molecule has 0 aromatic heterocycles. The Kier molecular flexibility index (Phi) is 4.91. The van der Waals surface area contributed by atoms with Crippen LogP contribution in [0.3, 0.4) is 0 Å². The lowest BCUT2D eigenvalue weighted by molar-refractivity contribution is -0.214. The van der Waals surface area contributed by atoms with Crippen molar-refractivity contribution in [3.63, 3.8) is 0 Å². The Balaban J connectivity index is 1.39. The third kappa shape index (κ3) is 3.12. The minimum absolute atomic E-state index is 0.00659. The van der Waals surface area contributed by atoms with Crippen molar-refractivity contribution in [1.29, 1.82) is 0 Å². The summed E-state index contributed by atoms with van der Waals surface area (Å²) in [5, 5.41) is 0. The molecule has 0 spiro atoms. The van der Waals surface area contributed by atoms with Gasteiger partial charge in [0.15, 0.2) is 6.29 Å². The first-order valence-corrected chi connectivity index (χ1v) is 11.9. The van der Waals surface area contributed by atoms with Crippen LogP contribution < -0.4 is 0 Å². The molecule has 3 heteroatoms. The van der Waals surface area contributed by atoms with Crippen LogP contribution in [0.15, 0.2) is 0 Å². The number of hydrogen-bond acceptors (Lipinski definition) is 3. The molecule has 27 heavy (non-hydrogen) atoms. The first-order chi connectivity index (χ1) is 13.1. The largest absolute Gasteiger partial charge is 0.353 e. The second-order valence-electron chi connectivity index (χ2n) is 10.8. The molecule has 3 nitrogen and oxygen atoms in total.